The summed E-state index contributed by atoms with van der Waals surface area (Å²) in [4.78, 5) is 0. The standard InChI is InChI=1S/C20H26BrNO3/c1-3-24-11-7-10-22-14-17-12-18(21)20(19(13-17)23-2)25-15-16-8-5-4-6-9-16/h4-6,8-9,12-13,22H,3,7,10-11,14-15H2,1-2H3. The van der Waals surface area contributed by atoms with Gasteiger partial charge >= 0.3 is 0 Å². The predicted octanol–water partition coefficient (Wildman–Crippen LogP) is 4.55. The average molecular weight is 408 g/mol. The lowest BCUT2D eigenvalue weighted by Crippen LogP contribution is -2.16. The second-order valence-electron chi connectivity index (χ2n) is 5.61. The van der Waals surface area contributed by atoms with Crippen molar-refractivity contribution >= 4 is 15.9 Å². The number of hydrogen-bond acceptors (Lipinski definition) is 4. The molecule has 2 aromatic carbocycles. The molecule has 0 radical (unpaired) electrons. The summed E-state index contributed by atoms with van der Waals surface area (Å²) in [6.45, 7) is 5.78. The molecule has 0 unspecified atom stereocenters. The van der Waals surface area contributed by atoms with Crippen molar-refractivity contribution in [3.63, 3.8) is 0 Å². The van der Waals surface area contributed by atoms with E-state index in [1.54, 1.807) is 7.11 Å². The molecule has 0 spiro atoms. The molecule has 4 nitrogen and oxygen atoms in total. The lowest BCUT2D eigenvalue weighted by atomic mass is 10.2. The Bertz CT molecular complexity index is 634. The first kappa shape index (κ1) is 19.8. The van der Waals surface area contributed by atoms with E-state index in [9.17, 15) is 0 Å². The lowest BCUT2D eigenvalue weighted by molar-refractivity contribution is 0.144. The van der Waals surface area contributed by atoms with Crippen LogP contribution >= 0.6 is 15.9 Å². The quantitative estimate of drug-likeness (QED) is 0.554. The molecule has 0 heterocycles. The van der Waals surface area contributed by atoms with E-state index in [0.29, 0.717) is 6.61 Å². The summed E-state index contributed by atoms with van der Waals surface area (Å²) in [5.74, 6) is 1.46. The van der Waals surface area contributed by atoms with Crippen LogP contribution in [0, 0.1) is 0 Å². The first-order chi connectivity index (χ1) is 12.2. The van der Waals surface area contributed by atoms with Crippen molar-refractivity contribution in [2.75, 3.05) is 26.9 Å². The molecule has 2 rings (SSSR count). The van der Waals surface area contributed by atoms with Crippen molar-refractivity contribution in [3.05, 3.63) is 58.1 Å². The van der Waals surface area contributed by atoms with Gasteiger partial charge in [-0.15, -0.1) is 0 Å². The molecule has 25 heavy (non-hydrogen) atoms. The van der Waals surface area contributed by atoms with E-state index in [4.69, 9.17) is 14.2 Å². The maximum Gasteiger partial charge on any atom is 0.175 e. The van der Waals surface area contributed by atoms with E-state index in [1.165, 1.54) is 0 Å². The number of ether oxygens (including phenoxy) is 3. The van der Waals surface area contributed by atoms with Crippen molar-refractivity contribution in [2.24, 2.45) is 0 Å². The fourth-order valence-corrected chi connectivity index (χ4v) is 3.03. The molecular weight excluding hydrogens is 382 g/mol. The molecule has 0 aliphatic rings. The number of nitrogens with one attached hydrogen (secondary N) is 1. The maximum absolute atomic E-state index is 5.96. The van der Waals surface area contributed by atoms with Crippen LogP contribution < -0.4 is 14.8 Å². The van der Waals surface area contributed by atoms with Crippen LogP contribution in [0.25, 0.3) is 0 Å². The molecule has 0 fully saturated rings. The lowest BCUT2D eigenvalue weighted by Gasteiger charge is -2.15. The third kappa shape index (κ3) is 6.69. The molecule has 0 aliphatic carbocycles. The van der Waals surface area contributed by atoms with Crippen LogP contribution in [0.15, 0.2) is 46.9 Å². The van der Waals surface area contributed by atoms with Crippen LogP contribution in [0.5, 0.6) is 11.5 Å². The summed E-state index contributed by atoms with van der Waals surface area (Å²) in [5, 5.41) is 3.42. The number of methoxy groups -OCH3 is 1. The third-order valence-corrected chi connectivity index (χ3v) is 4.28. The van der Waals surface area contributed by atoms with Gasteiger partial charge in [0, 0.05) is 19.8 Å². The Morgan fingerprint density at radius 2 is 1.88 bits per heavy atom. The Hall–Kier alpha value is -1.56. The zero-order valence-corrected chi connectivity index (χ0v) is 16.5. The number of hydrogen-bond donors (Lipinski definition) is 1. The fraction of sp³-hybridized carbons (Fsp3) is 0.400. The number of benzene rings is 2. The van der Waals surface area contributed by atoms with Crippen LogP contribution in [0.2, 0.25) is 0 Å². The van der Waals surface area contributed by atoms with E-state index >= 15 is 0 Å². The topological polar surface area (TPSA) is 39.7 Å². The van der Waals surface area contributed by atoms with Gasteiger partial charge in [0.15, 0.2) is 11.5 Å². The molecule has 0 saturated carbocycles. The molecule has 0 aliphatic heterocycles. The fourth-order valence-electron chi connectivity index (χ4n) is 2.42. The summed E-state index contributed by atoms with van der Waals surface area (Å²) >= 11 is 3.60. The Kier molecular flexibility index (Phi) is 8.80. The van der Waals surface area contributed by atoms with E-state index in [-0.39, 0.29) is 0 Å². The predicted molar refractivity (Wildman–Crippen MR) is 104 cm³/mol. The Morgan fingerprint density at radius 1 is 1.08 bits per heavy atom. The zero-order valence-electron chi connectivity index (χ0n) is 14.9. The average Bonchev–Trinajstić information content (AvgIpc) is 2.64. The molecule has 136 valence electrons. The molecule has 0 saturated heterocycles. The van der Waals surface area contributed by atoms with Crippen molar-refractivity contribution in [2.45, 2.75) is 26.5 Å². The Labute approximate surface area is 158 Å². The van der Waals surface area contributed by atoms with E-state index in [1.807, 2.05) is 43.3 Å². The van der Waals surface area contributed by atoms with Crippen molar-refractivity contribution in [1.29, 1.82) is 0 Å². The summed E-state index contributed by atoms with van der Waals surface area (Å²) in [6.07, 6.45) is 1.00. The van der Waals surface area contributed by atoms with Crippen molar-refractivity contribution in [3.8, 4) is 11.5 Å². The van der Waals surface area contributed by atoms with Gasteiger partial charge in [0.05, 0.1) is 11.6 Å². The van der Waals surface area contributed by atoms with Crippen molar-refractivity contribution < 1.29 is 14.2 Å². The second-order valence-corrected chi connectivity index (χ2v) is 6.46. The SMILES string of the molecule is CCOCCCNCc1cc(Br)c(OCc2ccccc2)c(OC)c1. The molecule has 2 aromatic rings. The van der Waals surface area contributed by atoms with Crippen LogP contribution in [-0.2, 0) is 17.9 Å². The number of halogens is 1. The van der Waals surface area contributed by atoms with Gasteiger partial charge in [0.2, 0.25) is 0 Å². The highest BCUT2D eigenvalue weighted by Crippen LogP contribution is 2.37. The van der Waals surface area contributed by atoms with E-state index in [2.05, 4.69) is 27.3 Å². The van der Waals surface area contributed by atoms with E-state index < -0.39 is 0 Å². The second kappa shape index (κ2) is 11.1. The molecule has 0 bridgehead atoms. The highest BCUT2D eigenvalue weighted by Gasteiger charge is 2.12. The first-order valence-electron chi connectivity index (χ1n) is 8.56. The Morgan fingerprint density at radius 3 is 2.60 bits per heavy atom. The summed E-state index contributed by atoms with van der Waals surface area (Å²) < 4.78 is 17.7. The zero-order chi connectivity index (χ0) is 17.9. The molecule has 0 aromatic heterocycles. The van der Waals surface area contributed by atoms with E-state index in [0.717, 1.165) is 59.8 Å². The van der Waals surface area contributed by atoms with Gasteiger partial charge in [0.25, 0.3) is 0 Å². The monoisotopic (exact) mass is 407 g/mol. The molecule has 5 heteroatoms. The molecule has 1 N–H and O–H groups in total. The van der Waals surface area contributed by atoms with Gasteiger partial charge in [-0.05, 0) is 59.1 Å². The first-order valence-corrected chi connectivity index (χ1v) is 9.35. The van der Waals surface area contributed by atoms with Crippen LogP contribution in [0.3, 0.4) is 0 Å². The largest absolute Gasteiger partial charge is 0.493 e. The summed E-state index contributed by atoms with van der Waals surface area (Å²) in [6, 6.07) is 14.2. The maximum atomic E-state index is 5.96. The van der Waals surface area contributed by atoms with Crippen molar-refractivity contribution in [1.82, 2.24) is 5.32 Å². The highest BCUT2D eigenvalue weighted by molar-refractivity contribution is 9.10. The molecule has 0 amide bonds. The smallest absolute Gasteiger partial charge is 0.175 e. The molecular formula is C20H26BrNO3. The summed E-state index contributed by atoms with van der Waals surface area (Å²) in [5.41, 5.74) is 2.27. The van der Waals surface area contributed by atoms with Crippen LogP contribution in [-0.4, -0.2) is 26.9 Å². The minimum Gasteiger partial charge on any atom is -0.493 e. The number of rotatable bonds is 11. The summed E-state index contributed by atoms with van der Waals surface area (Å²) in [7, 11) is 1.66. The third-order valence-electron chi connectivity index (χ3n) is 3.69. The van der Waals surface area contributed by atoms with Crippen LogP contribution in [0.4, 0.5) is 0 Å². The molecule has 0 atom stereocenters. The highest BCUT2D eigenvalue weighted by atomic mass is 79.9. The minimum absolute atomic E-state index is 0.505. The van der Waals surface area contributed by atoms with Gasteiger partial charge in [-0.3, -0.25) is 0 Å². The van der Waals surface area contributed by atoms with Gasteiger partial charge in [-0.2, -0.15) is 0 Å². The van der Waals surface area contributed by atoms with Gasteiger partial charge in [0.1, 0.15) is 6.61 Å². The van der Waals surface area contributed by atoms with Gasteiger partial charge in [-0.25, -0.2) is 0 Å². The van der Waals surface area contributed by atoms with Crippen LogP contribution in [0.1, 0.15) is 24.5 Å². The minimum atomic E-state index is 0.505. The van der Waals surface area contributed by atoms with Gasteiger partial charge < -0.3 is 19.5 Å². The normalized spacial score (nSPS) is 10.7. The Balaban J connectivity index is 1.92. The van der Waals surface area contributed by atoms with Gasteiger partial charge in [-0.1, -0.05) is 30.3 Å².